The van der Waals surface area contributed by atoms with Gasteiger partial charge in [-0.1, -0.05) is 0 Å². The molecule has 3 rings (SSSR count). The second-order valence-corrected chi connectivity index (χ2v) is 6.11. The van der Waals surface area contributed by atoms with E-state index >= 15 is 0 Å². The van der Waals surface area contributed by atoms with Gasteiger partial charge >= 0.3 is 5.69 Å². The summed E-state index contributed by atoms with van der Waals surface area (Å²) in [5.41, 5.74) is 1.83. The number of pyridine rings is 1. The maximum atomic E-state index is 12.0. The first-order valence-electron chi connectivity index (χ1n) is 7.48. The number of halogens is 1. The zero-order valence-electron chi connectivity index (χ0n) is 13.8. The number of aryl methyl sites for hydroxylation is 1. The predicted octanol–water partition coefficient (Wildman–Crippen LogP) is 3.27. The summed E-state index contributed by atoms with van der Waals surface area (Å²) in [4.78, 5) is 10.3. The van der Waals surface area contributed by atoms with E-state index in [9.17, 15) is 25.5 Å². The molecule has 2 aromatic heterocycles. The lowest BCUT2D eigenvalue weighted by Crippen LogP contribution is -2.31. The third-order valence-electron chi connectivity index (χ3n) is 4.17. The second-order valence-electron chi connectivity index (χ2n) is 5.76. The van der Waals surface area contributed by atoms with Crippen LogP contribution in [0.1, 0.15) is 5.69 Å². The van der Waals surface area contributed by atoms with Gasteiger partial charge in [0.2, 0.25) is 5.75 Å². The molecule has 0 aliphatic rings. The van der Waals surface area contributed by atoms with Gasteiger partial charge in [-0.25, -0.2) is 0 Å². The normalized spacial score (nSPS) is 10.9. The molecule has 0 radical (unpaired) electrons. The minimum atomic E-state index is -0.790. The maximum Gasteiger partial charge on any atom is 0.315 e. The van der Waals surface area contributed by atoms with Gasteiger partial charge in [0.15, 0.2) is 11.4 Å². The van der Waals surface area contributed by atoms with Crippen molar-refractivity contribution in [2.24, 2.45) is 7.05 Å². The minimum absolute atomic E-state index is 0.0114. The molecule has 0 bridgehead atoms. The highest BCUT2D eigenvalue weighted by molar-refractivity contribution is 6.31. The van der Waals surface area contributed by atoms with Crippen molar-refractivity contribution in [3.63, 3.8) is 0 Å². The van der Waals surface area contributed by atoms with Crippen LogP contribution in [0.3, 0.4) is 0 Å². The second kappa shape index (κ2) is 6.23. The molecule has 0 unspecified atom stereocenters. The number of phenols is 2. The number of aromatic nitrogens is 2. The van der Waals surface area contributed by atoms with E-state index < -0.39 is 22.1 Å². The number of nitro groups is 1. The fourth-order valence-electron chi connectivity index (χ4n) is 2.76. The molecule has 0 saturated carbocycles. The van der Waals surface area contributed by atoms with Crippen LogP contribution in [0.4, 0.5) is 5.69 Å². The molecule has 0 atom stereocenters. The number of rotatable bonds is 3. The molecular weight excluding hydrogens is 362 g/mol. The Morgan fingerprint density at radius 1 is 1.15 bits per heavy atom. The predicted molar refractivity (Wildman–Crippen MR) is 95.0 cm³/mol. The molecule has 9 heteroatoms. The standard InChI is InChI=1S/C17H14ClN3O5/c1-9-3-4-11(17(18)20(9)24)13-6-5-12(19(13)2)10-7-14(21(25)26)16(23)15(22)8-10/h3-8,22-23H,1-2H3. The van der Waals surface area contributed by atoms with Gasteiger partial charge in [0.05, 0.1) is 16.2 Å². The van der Waals surface area contributed by atoms with Crippen LogP contribution in [-0.4, -0.2) is 19.7 Å². The van der Waals surface area contributed by atoms with Crippen molar-refractivity contribution in [1.29, 1.82) is 0 Å². The lowest BCUT2D eigenvalue weighted by atomic mass is 10.1. The number of hydrogen-bond donors (Lipinski definition) is 2. The molecule has 0 amide bonds. The van der Waals surface area contributed by atoms with Gasteiger partial charge in [-0.2, -0.15) is 4.73 Å². The molecule has 0 aliphatic heterocycles. The molecule has 0 spiro atoms. The number of aromatic hydroxyl groups is 2. The Balaban J connectivity index is 2.17. The average Bonchev–Trinajstić information content (AvgIpc) is 2.96. The Morgan fingerprint density at radius 3 is 2.46 bits per heavy atom. The van der Waals surface area contributed by atoms with E-state index in [1.807, 2.05) is 0 Å². The summed E-state index contributed by atoms with van der Waals surface area (Å²) >= 11 is 6.15. The van der Waals surface area contributed by atoms with Gasteiger partial charge in [0.1, 0.15) is 0 Å². The molecule has 0 aliphatic carbocycles. The Bertz CT molecular complexity index is 1050. The van der Waals surface area contributed by atoms with E-state index in [1.54, 1.807) is 42.8 Å². The molecule has 1 aromatic carbocycles. The largest absolute Gasteiger partial charge is 0.617 e. The quantitative estimate of drug-likeness (QED) is 0.182. The average molecular weight is 376 g/mol. The van der Waals surface area contributed by atoms with Crippen LogP contribution in [0.2, 0.25) is 5.15 Å². The first-order valence-corrected chi connectivity index (χ1v) is 7.85. The summed E-state index contributed by atoms with van der Waals surface area (Å²) < 4.78 is 2.30. The number of nitro benzene ring substituents is 1. The van der Waals surface area contributed by atoms with E-state index in [0.717, 1.165) is 0 Å². The van der Waals surface area contributed by atoms with Crippen molar-refractivity contribution < 1.29 is 19.9 Å². The van der Waals surface area contributed by atoms with Crippen molar-refractivity contribution in [2.45, 2.75) is 6.92 Å². The van der Waals surface area contributed by atoms with Crippen LogP contribution in [0.25, 0.3) is 22.5 Å². The molecule has 2 N–H and O–H groups in total. The Kier molecular flexibility index (Phi) is 4.21. The number of benzene rings is 1. The first-order chi connectivity index (χ1) is 12.2. The topological polar surface area (TPSA) is 115 Å². The highest BCUT2D eigenvalue weighted by Crippen LogP contribution is 2.40. The summed E-state index contributed by atoms with van der Waals surface area (Å²) in [6.45, 7) is 1.64. The van der Waals surface area contributed by atoms with Crippen LogP contribution in [0.15, 0.2) is 36.4 Å². The van der Waals surface area contributed by atoms with Crippen LogP contribution in [-0.2, 0) is 7.05 Å². The lowest BCUT2D eigenvalue weighted by molar-refractivity contribution is -0.609. The van der Waals surface area contributed by atoms with E-state index in [4.69, 9.17) is 11.6 Å². The Labute approximate surface area is 152 Å². The molecule has 26 heavy (non-hydrogen) atoms. The first kappa shape index (κ1) is 17.6. The number of nitrogens with zero attached hydrogens (tertiary/aromatic N) is 3. The fraction of sp³-hybridized carbons (Fsp3) is 0.118. The monoisotopic (exact) mass is 375 g/mol. The van der Waals surface area contributed by atoms with E-state index in [0.29, 0.717) is 32.9 Å². The summed E-state index contributed by atoms with van der Waals surface area (Å²) in [5.74, 6) is -1.38. The molecule has 0 saturated heterocycles. The number of phenolic OH excluding ortho intramolecular Hbond substituents is 2. The highest BCUT2D eigenvalue weighted by Gasteiger charge is 2.22. The molecular formula is C17H14ClN3O5. The zero-order valence-corrected chi connectivity index (χ0v) is 14.6. The summed E-state index contributed by atoms with van der Waals surface area (Å²) in [6, 6.07) is 9.13. The van der Waals surface area contributed by atoms with Crippen LogP contribution in [0.5, 0.6) is 11.5 Å². The van der Waals surface area contributed by atoms with E-state index in [2.05, 4.69) is 0 Å². The lowest BCUT2D eigenvalue weighted by Gasteiger charge is -2.11. The SMILES string of the molecule is Cc1ccc(-c2ccc(-c3cc(O)c(O)c([N+](=O)[O-])c3)n2C)c(Cl)[n+]1[O-]. The van der Waals surface area contributed by atoms with Crippen molar-refractivity contribution in [1.82, 2.24) is 4.57 Å². The third-order valence-corrected chi connectivity index (χ3v) is 4.53. The van der Waals surface area contributed by atoms with E-state index in [1.165, 1.54) is 12.1 Å². The van der Waals surface area contributed by atoms with Crippen LogP contribution in [0, 0.1) is 22.2 Å². The van der Waals surface area contributed by atoms with Crippen molar-refractivity contribution in [3.8, 4) is 34.0 Å². The van der Waals surface area contributed by atoms with Gasteiger partial charge in [-0.15, -0.1) is 0 Å². The molecule has 134 valence electrons. The highest BCUT2D eigenvalue weighted by atomic mass is 35.5. The third kappa shape index (κ3) is 2.70. The summed E-state index contributed by atoms with van der Waals surface area (Å²) in [7, 11) is 1.70. The van der Waals surface area contributed by atoms with Gasteiger partial charge in [0, 0.05) is 37.4 Å². The molecule has 3 aromatic rings. The molecule has 2 heterocycles. The van der Waals surface area contributed by atoms with Gasteiger partial charge in [-0.05, 0) is 35.9 Å². The zero-order chi connectivity index (χ0) is 19.2. The smallest absolute Gasteiger partial charge is 0.315 e. The van der Waals surface area contributed by atoms with E-state index in [-0.39, 0.29) is 5.15 Å². The number of hydrogen-bond acceptors (Lipinski definition) is 5. The van der Waals surface area contributed by atoms with Crippen LogP contribution >= 0.6 is 11.6 Å². The van der Waals surface area contributed by atoms with Crippen molar-refractivity contribution in [2.75, 3.05) is 0 Å². The fourth-order valence-corrected chi connectivity index (χ4v) is 3.05. The van der Waals surface area contributed by atoms with Gasteiger partial charge in [0.25, 0.3) is 5.15 Å². The van der Waals surface area contributed by atoms with Crippen LogP contribution < -0.4 is 4.73 Å². The Hall–Kier alpha value is -3.26. The van der Waals surface area contributed by atoms with Crippen molar-refractivity contribution >= 4 is 17.3 Å². The summed E-state index contributed by atoms with van der Waals surface area (Å²) in [5, 5.41) is 42.5. The molecule has 8 nitrogen and oxygen atoms in total. The molecule has 0 fully saturated rings. The van der Waals surface area contributed by atoms with Gasteiger partial charge in [-0.3, -0.25) is 10.1 Å². The van der Waals surface area contributed by atoms with Gasteiger partial charge < -0.3 is 20.0 Å². The van der Waals surface area contributed by atoms with Crippen molar-refractivity contribution in [3.05, 3.63) is 62.6 Å². The maximum absolute atomic E-state index is 12.0. The Morgan fingerprint density at radius 2 is 1.81 bits per heavy atom. The minimum Gasteiger partial charge on any atom is -0.617 e. The summed E-state index contributed by atoms with van der Waals surface area (Å²) in [6.07, 6.45) is 0.